The second-order valence-corrected chi connectivity index (χ2v) is 7.02. The molecule has 1 aromatic heterocycles. The first kappa shape index (κ1) is 20.0. The van der Waals surface area contributed by atoms with Crippen molar-refractivity contribution in [3.05, 3.63) is 53.2 Å². The number of allylic oxidation sites excluding steroid dienone is 1. The predicted molar refractivity (Wildman–Crippen MR) is 105 cm³/mol. The number of nitrogens with one attached hydrogen (secondary N) is 1. The molecule has 0 radical (unpaired) electrons. The van der Waals surface area contributed by atoms with E-state index in [0.717, 1.165) is 19.3 Å². The van der Waals surface area contributed by atoms with Gasteiger partial charge in [0.25, 0.3) is 0 Å². The second kappa shape index (κ2) is 9.48. The number of rotatable bonds is 9. The zero-order valence-corrected chi connectivity index (χ0v) is 16.4. The van der Waals surface area contributed by atoms with Crippen LogP contribution in [0.15, 0.2) is 41.9 Å². The number of fused-ring (bicyclic) bond motifs is 1. The van der Waals surface area contributed by atoms with Crippen molar-refractivity contribution >= 4 is 11.9 Å². The number of benzene rings is 1. The first-order valence-electron chi connectivity index (χ1n) is 9.92. The van der Waals surface area contributed by atoms with Crippen LogP contribution in [0.25, 0.3) is 0 Å². The number of anilines is 1. The van der Waals surface area contributed by atoms with Crippen LogP contribution in [0.3, 0.4) is 0 Å². The molecule has 0 bridgehead atoms. The van der Waals surface area contributed by atoms with Gasteiger partial charge in [-0.25, -0.2) is 13.9 Å². The summed E-state index contributed by atoms with van der Waals surface area (Å²) in [6.45, 7) is 4.31. The van der Waals surface area contributed by atoms with Crippen LogP contribution >= 0.6 is 0 Å². The van der Waals surface area contributed by atoms with Crippen LogP contribution in [0.1, 0.15) is 64.0 Å². The van der Waals surface area contributed by atoms with Gasteiger partial charge in [0.1, 0.15) is 18.2 Å². The third-order valence-electron chi connectivity index (χ3n) is 4.95. The molecule has 28 heavy (non-hydrogen) atoms. The number of hydrogen-bond donors (Lipinski definition) is 1. The summed E-state index contributed by atoms with van der Waals surface area (Å²) in [5.74, 6) is -0.379. The third-order valence-corrected chi connectivity index (χ3v) is 4.95. The summed E-state index contributed by atoms with van der Waals surface area (Å²) in [6.07, 6.45) is 8.05. The van der Waals surface area contributed by atoms with Gasteiger partial charge in [-0.3, -0.25) is 0 Å². The van der Waals surface area contributed by atoms with Gasteiger partial charge in [0.2, 0.25) is 5.95 Å². The number of nitrogens with zero attached hydrogens (tertiary/aromatic N) is 3. The van der Waals surface area contributed by atoms with Gasteiger partial charge in [-0.2, -0.15) is 10.1 Å². The molecule has 1 atom stereocenters. The Kier molecular flexibility index (Phi) is 6.79. The maximum absolute atomic E-state index is 14.5. The van der Waals surface area contributed by atoms with Gasteiger partial charge in [-0.05, 0) is 19.4 Å². The Morgan fingerprint density at radius 2 is 1.96 bits per heavy atom. The average molecular weight is 386 g/mol. The molecule has 0 saturated carbocycles. The molecule has 0 saturated heterocycles. The molecule has 150 valence electrons. The van der Waals surface area contributed by atoms with Gasteiger partial charge in [0.15, 0.2) is 0 Å². The van der Waals surface area contributed by atoms with E-state index < -0.39 is 17.8 Å². The molecule has 2 heterocycles. The number of esters is 1. The molecule has 1 aliphatic heterocycles. The van der Waals surface area contributed by atoms with Crippen molar-refractivity contribution in [1.29, 1.82) is 0 Å². The zero-order chi connectivity index (χ0) is 19.9. The average Bonchev–Trinajstić information content (AvgIpc) is 3.14. The lowest BCUT2D eigenvalue weighted by Crippen LogP contribution is -2.30. The fourth-order valence-corrected chi connectivity index (χ4v) is 3.46. The molecule has 1 N–H and O–H groups in total. The minimum Gasteiger partial charge on any atom is -0.462 e. The molecule has 0 spiro atoms. The lowest BCUT2D eigenvalue weighted by Gasteiger charge is -2.28. The van der Waals surface area contributed by atoms with Gasteiger partial charge >= 0.3 is 5.97 Å². The number of carbonyl (C=O) groups excluding carboxylic acids is 1. The Balaban J connectivity index is 1.74. The maximum Gasteiger partial charge on any atom is 0.338 e. The van der Waals surface area contributed by atoms with E-state index in [9.17, 15) is 9.18 Å². The molecule has 2 aromatic rings. The highest BCUT2D eigenvalue weighted by molar-refractivity contribution is 5.92. The van der Waals surface area contributed by atoms with Crippen LogP contribution in [0.4, 0.5) is 10.3 Å². The number of carbonyl (C=O) groups is 1. The van der Waals surface area contributed by atoms with Crippen LogP contribution < -0.4 is 5.32 Å². The van der Waals surface area contributed by atoms with Crippen molar-refractivity contribution in [1.82, 2.24) is 14.8 Å². The number of aromatic nitrogens is 3. The van der Waals surface area contributed by atoms with Crippen molar-refractivity contribution in [2.45, 2.75) is 58.4 Å². The molecule has 7 heteroatoms. The normalized spacial score (nSPS) is 15.9. The molecule has 0 unspecified atom stereocenters. The smallest absolute Gasteiger partial charge is 0.338 e. The summed E-state index contributed by atoms with van der Waals surface area (Å²) in [5, 5.41) is 7.26. The Bertz CT molecular complexity index is 846. The highest BCUT2D eigenvalue weighted by atomic mass is 19.1. The van der Waals surface area contributed by atoms with E-state index in [1.165, 1.54) is 36.3 Å². The standard InChI is InChI=1S/C21H27FN4O2/c1-3-4-5-6-7-10-13-28-20(27)18-15(2)25-21-23-14-24-26(21)19(18)16-11-8-9-12-17(16)22/h8-9,11-12,14,19H,3-7,10,13H2,1-2H3,(H,23,24,25)/t19-/m1/s1. The number of ether oxygens (including phenoxy) is 1. The quantitative estimate of drug-likeness (QED) is 0.503. The molecule has 1 aromatic carbocycles. The largest absolute Gasteiger partial charge is 0.462 e. The van der Waals surface area contributed by atoms with E-state index in [4.69, 9.17) is 4.74 Å². The van der Waals surface area contributed by atoms with Crippen LogP contribution in [0, 0.1) is 5.82 Å². The highest BCUT2D eigenvalue weighted by Crippen LogP contribution is 2.36. The molecule has 3 rings (SSSR count). The molecular formula is C21H27FN4O2. The lowest BCUT2D eigenvalue weighted by atomic mass is 9.95. The highest BCUT2D eigenvalue weighted by Gasteiger charge is 2.35. The fourth-order valence-electron chi connectivity index (χ4n) is 3.46. The van der Waals surface area contributed by atoms with Gasteiger partial charge < -0.3 is 10.1 Å². The number of unbranched alkanes of at least 4 members (excludes halogenated alkanes) is 5. The monoisotopic (exact) mass is 386 g/mol. The lowest BCUT2D eigenvalue weighted by molar-refractivity contribution is -0.139. The molecule has 0 amide bonds. The Morgan fingerprint density at radius 1 is 1.21 bits per heavy atom. The minimum atomic E-state index is -0.711. The summed E-state index contributed by atoms with van der Waals surface area (Å²) in [7, 11) is 0. The minimum absolute atomic E-state index is 0.356. The maximum atomic E-state index is 14.5. The molecular weight excluding hydrogens is 359 g/mol. The van der Waals surface area contributed by atoms with E-state index in [-0.39, 0.29) is 0 Å². The van der Waals surface area contributed by atoms with Gasteiger partial charge in [-0.15, -0.1) is 0 Å². The first-order valence-corrected chi connectivity index (χ1v) is 9.92. The summed E-state index contributed by atoms with van der Waals surface area (Å²) in [5.41, 5.74) is 1.32. The van der Waals surface area contributed by atoms with Crippen molar-refractivity contribution in [3.63, 3.8) is 0 Å². The van der Waals surface area contributed by atoms with Crippen molar-refractivity contribution < 1.29 is 13.9 Å². The van der Waals surface area contributed by atoms with E-state index in [2.05, 4.69) is 22.3 Å². The van der Waals surface area contributed by atoms with E-state index in [1.807, 2.05) is 0 Å². The predicted octanol–water partition coefficient (Wildman–Crippen LogP) is 4.61. The Morgan fingerprint density at radius 3 is 2.75 bits per heavy atom. The van der Waals surface area contributed by atoms with E-state index in [1.54, 1.807) is 25.1 Å². The fraction of sp³-hybridized carbons (Fsp3) is 0.476. The summed E-state index contributed by atoms with van der Waals surface area (Å²) >= 11 is 0. The van der Waals surface area contributed by atoms with Crippen LogP contribution in [0.5, 0.6) is 0 Å². The Labute approximate surface area is 164 Å². The van der Waals surface area contributed by atoms with Crippen molar-refractivity contribution in [2.24, 2.45) is 0 Å². The van der Waals surface area contributed by atoms with E-state index >= 15 is 0 Å². The molecule has 0 fully saturated rings. The second-order valence-electron chi connectivity index (χ2n) is 7.02. The zero-order valence-electron chi connectivity index (χ0n) is 16.4. The molecule has 6 nitrogen and oxygen atoms in total. The summed E-state index contributed by atoms with van der Waals surface area (Å²) < 4.78 is 21.6. The van der Waals surface area contributed by atoms with Crippen molar-refractivity contribution in [2.75, 3.05) is 11.9 Å². The molecule has 1 aliphatic rings. The topological polar surface area (TPSA) is 69.0 Å². The van der Waals surface area contributed by atoms with Gasteiger partial charge in [-0.1, -0.05) is 57.2 Å². The first-order chi connectivity index (χ1) is 13.6. The van der Waals surface area contributed by atoms with Gasteiger partial charge in [0, 0.05) is 11.3 Å². The van der Waals surface area contributed by atoms with Crippen LogP contribution in [-0.4, -0.2) is 27.3 Å². The number of hydrogen-bond acceptors (Lipinski definition) is 5. The molecule has 0 aliphatic carbocycles. The van der Waals surface area contributed by atoms with Crippen LogP contribution in [-0.2, 0) is 9.53 Å². The van der Waals surface area contributed by atoms with Crippen LogP contribution in [0.2, 0.25) is 0 Å². The summed E-state index contributed by atoms with van der Waals surface area (Å²) in [6, 6.07) is 5.69. The SMILES string of the molecule is CCCCCCCCOC(=O)C1=C(C)Nc2ncnn2[C@@H]1c1ccccc1F. The van der Waals surface area contributed by atoms with E-state index in [0.29, 0.717) is 29.4 Å². The van der Waals surface area contributed by atoms with Crippen molar-refractivity contribution in [3.8, 4) is 0 Å². The van der Waals surface area contributed by atoms with Gasteiger partial charge in [0.05, 0.1) is 12.2 Å². The summed E-state index contributed by atoms with van der Waals surface area (Å²) in [4.78, 5) is 17.0. The third kappa shape index (κ3) is 4.40. The number of halogens is 1. The Hall–Kier alpha value is -2.70.